The van der Waals surface area contributed by atoms with Crippen LogP contribution < -0.4 is 5.32 Å². The van der Waals surface area contributed by atoms with E-state index in [0.717, 1.165) is 25.1 Å². The van der Waals surface area contributed by atoms with Crippen molar-refractivity contribution >= 4 is 16.7 Å². The lowest BCUT2D eigenvalue weighted by Crippen LogP contribution is -2.40. The molecule has 0 spiro atoms. The van der Waals surface area contributed by atoms with E-state index in [1.807, 2.05) is 12.1 Å². The number of piperidine rings is 1. The number of nitrogens with one attached hydrogen (secondary N) is 1. The van der Waals surface area contributed by atoms with Crippen LogP contribution >= 0.6 is 0 Å². The third-order valence-electron chi connectivity index (χ3n) is 6.59. The van der Waals surface area contributed by atoms with E-state index in [1.165, 1.54) is 34.0 Å². The number of aromatic hydroxyl groups is 1. The second-order valence-corrected chi connectivity index (χ2v) is 8.99. The third kappa shape index (κ3) is 5.70. The summed E-state index contributed by atoms with van der Waals surface area (Å²) in [4.78, 5) is 12.2. The minimum atomic E-state index is -0.408. The van der Waals surface area contributed by atoms with Gasteiger partial charge in [0.05, 0.1) is 18.3 Å². The van der Waals surface area contributed by atoms with Gasteiger partial charge in [-0.15, -0.1) is 0 Å². The summed E-state index contributed by atoms with van der Waals surface area (Å²) in [6, 6.07) is 29.2. The maximum atomic E-state index is 12.2. The van der Waals surface area contributed by atoms with Gasteiger partial charge in [-0.1, -0.05) is 60.7 Å². The summed E-state index contributed by atoms with van der Waals surface area (Å²) < 4.78 is 11.8. The number of carbonyl (C=O) groups is 1. The molecular weight excluding hydrogens is 438 g/mol. The van der Waals surface area contributed by atoms with E-state index in [9.17, 15) is 9.90 Å². The van der Waals surface area contributed by atoms with E-state index < -0.39 is 5.97 Å². The Balaban J connectivity index is 1.19. The molecule has 35 heavy (non-hydrogen) atoms. The molecule has 178 valence electrons. The number of phenols is 1. The van der Waals surface area contributed by atoms with Gasteiger partial charge in [0.25, 0.3) is 0 Å². The molecule has 0 bridgehead atoms. The molecule has 1 aliphatic rings. The molecule has 0 aromatic heterocycles. The van der Waals surface area contributed by atoms with Crippen LogP contribution in [0.15, 0.2) is 91.0 Å². The van der Waals surface area contributed by atoms with Gasteiger partial charge in [-0.25, -0.2) is 4.79 Å². The summed E-state index contributed by atoms with van der Waals surface area (Å²) in [5, 5.41) is 15.3. The fourth-order valence-corrected chi connectivity index (χ4v) is 4.61. The maximum Gasteiger partial charge on any atom is 0.338 e. The number of phenolic OH excluding ortho intramolecular Hbond substituents is 1. The molecule has 0 saturated carbocycles. The summed E-state index contributed by atoms with van der Waals surface area (Å²) in [6.45, 7) is 2.57. The standard InChI is InChI=1S/C30H29NO4/c32-27-13-11-25(12-14-27)30(33)35-19-21-5-9-24(10-6-21)28-15-16-31-18-29(28)34-20-22-7-8-23-3-1-2-4-26(23)17-22/h1-14,17,28-29,31-32H,15-16,18-20H2. The van der Waals surface area contributed by atoms with Crippen molar-refractivity contribution < 1.29 is 19.4 Å². The molecule has 1 saturated heterocycles. The molecule has 1 heterocycles. The smallest absolute Gasteiger partial charge is 0.338 e. The topological polar surface area (TPSA) is 67.8 Å². The zero-order valence-electron chi connectivity index (χ0n) is 19.5. The van der Waals surface area contributed by atoms with Crippen molar-refractivity contribution in [3.05, 3.63) is 113 Å². The molecule has 5 nitrogen and oxygen atoms in total. The quantitative estimate of drug-likeness (QED) is 0.348. The highest BCUT2D eigenvalue weighted by Crippen LogP contribution is 2.29. The molecule has 1 aliphatic heterocycles. The molecule has 0 radical (unpaired) electrons. The number of esters is 1. The van der Waals surface area contributed by atoms with Crippen molar-refractivity contribution in [1.82, 2.24) is 5.32 Å². The van der Waals surface area contributed by atoms with Gasteiger partial charge in [-0.2, -0.15) is 0 Å². The zero-order chi connectivity index (χ0) is 24.0. The van der Waals surface area contributed by atoms with E-state index in [2.05, 4.69) is 59.9 Å². The minimum absolute atomic E-state index is 0.0911. The Morgan fingerprint density at radius 3 is 2.40 bits per heavy atom. The van der Waals surface area contributed by atoms with E-state index in [0.29, 0.717) is 18.1 Å². The number of carbonyl (C=O) groups excluding carboxylic acids is 1. The van der Waals surface area contributed by atoms with Crippen LogP contribution in [0.3, 0.4) is 0 Å². The van der Waals surface area contributed by atoms with Crippen LogP contribution in [-0.2, 0) is 22.7 Å². The predicted molar refractivity (Wildman–Crippen MR) is 136 cm³/mol. The van der Waals surface area contributed by atoms with E-state index in [-0.39, 0.29) is 18.5 Å². The van der Waals surface area contributed by atoms with Gasteiger partial charge < -0.3 is 19.9 Å². The van der Waals surface area contributed by atoms with Crippen LogP contribution in [0.5, 0.6) is 5.75 Å². The third-order valence-corrected chi connectivity index (χ3v) is 6.59. The highest BCUT2D eigenvalue weighted by Gasteiger charge is 2.27. The number of hydrogen-bond donors (Lipinski definition) is 2. The molecule has 0 aliphatic carbocycles. The Hall–Kier alpha value is -3.67. The van der Waals surface area contributed by atoms with Crippen LogP contribution in [0.25, 0.3) is 10.8 Å². The van der Waals surface area contributed by atoms with Crippen molar-refractivity contribution in [3.63, 3.8) is 0 Å². The van der Waals surface area contributed by atoms with Gasteiger partial charge in [0, 0.05) is 12.5 Å². The first-order valence-corrected chi connectivity index (χ1v) is 12.0. The van der Waals surface area contributed by atoms with Crippen LogP contribution in [0.4, 0.5) is 0 Å². The van der Waals surface area contributed by atoms with Crippen LogP contribution in [0.2, 0.25) is 0 Å². The fourth-order valence-electron chi connectivity index (χ4n) is 4.61. The highest BCUT2D eigenvalue weighted by molar-refractivity contribution is 5.89. The Morgan fingerprint density at radius 2 is 1.60 bits per heavy atom. The van der Waals surface area contributed by atoms with Crippen LogP contribution in [0.1, 0.15) is 39.4 Å². The van der Waals surface area contributed by atoms with E-state index in [4.69, 9.17) is 9.47 Å². The van der Waals surface area contributed by atoms with Gasteiger partial charge in [-0.3, -0.25) is 0 Å². The summed E-state index contributed by atoms with van der Waals surface area (Å²) in [5.41, 5.74) is 3.77. The minimum Gasteiger partial charge on any atom is -0.508 e. The number of fused-ring (bicyclic) bond motifs is 1. The average molecular weight is 468 g/mol. The molecule has 4 aromatic carbocycles. The molecule has 1 fully saturated rings. The van der Waals surface area contributed by atoms with E-state index >= 15 is 0 Å². The number of ether oxygens (including phenoxy) is 2. The molecule has 2 atom stereocenters. The average Bonchev–Trinajstić information content (AvgIpc) is 2.91. The first kappa shape index (κ1) is 23.1. The summed E-state index contributed by atoms with van der Waals surface area (Å²) in [7, 11) is 0. The second kappa shape index (κ2) is 10.7. The Labute approximate surface area is 205 Å². The summed E-state index contributed by atoms with van der Waals surface area (Å²) in [5.74, 6) is 0.0227. The second-order valence-electron chi connectivity index (χ2n) is 8.99. The first-order valence-electron chi connectivity index (χ1n) is 12.0. The molecule has 4 aromatic rings. The van der Waals surface area contributed by atoms with Crippen molar-refractivity contribution in [2.75, 3.05) is 13.1 Å². The summed E-state index contributed by atoms with van der Waals surface area (Å²) in [6.07, 6.45) is 1.10. The Bertz CT molecular complexity index is 1280. The number of rotatable bonds is 7. The zero-order valence-corrected chi connectivity index (χ0v) is 19.5. The molecule has 5 rings (SSSR count). The number of hydrogen-bond acceptors (Lipinski definition) is 5. The Morgan fingerprint density at radius 1 is 0.857 bits per heavy atom. The van der Waals surface area contributed by atoms with Crippen molar-refractivity contribution in [2.45, 2.75) is 31.7 Å². The molecule has 2 unspecified atom stereocenters. The number of benzene rings is 4. The van der Waals surface area contributed by atoms with Crippen molar-refractivity contribution in [2.24, 2.45) is 0 Å². The van der Waals surface area contributed by atoms with Gasteiger partial charge in [0.2, 0.25) is 0 Å². The lowest BCUT2D eigenvalue weighted by molar-refractivity contribution is 0.0106. The highest BCUT2D eigenvalue weighted by atomic mass is 16.5. The first-order chi connectivity index (χ1) is 17.2. The van der Waals surface area contributed by atoms with E-state index in [1.54, 1.807) is 12.1 Å². The van der Waals surface area contributed by atoms with Gasteiger partial charge in [-0.05, 0) is 70.8 Å². The van der Waals surface area contributed by atoms with Gasteiger partial charge in [0.15, 0.2) is 0 Å². The van der Waals surface area contributed by atoms with Gasteiger partial charge in [0.1, 0.15) is 12.4 Å². The van der Waals surface area contributed by atoms with Crippen LogP contribution in [-0.4, -0.2) is 30.3 Å². The lowest BCUT2D eigenvalue weighted by Gasteiger charge is -2.32. The Kier molecular flexibility index (Phi) is 7.07. The molecule has 2 N–H and O–H groups in total. The van der Waals surface area contributed by atoms with Crippen molar-refractivity contribution in [1.29, 1.82) is 0 Å². The maximum absolute atomic E-state index is 12.2. The molecule has 0 amide bonds. The normalized spacial score (nSPS) is 17.8. The largest absolute Gasteiger partial charge is 0.508 e. The van der Waals surface area contributed by atoms with Crippen LogP contribution in [0, 0.1) is 0 Å². The summed E-state index contributed by atoms with van der Waals surface area (Å²) >= 11 is 0. The predicted octanol–water partition coefficient (Wildman–Crippen LogP) is 5.56. The molecule has 5 heteroatoms. The van der Waals surface area contributed by atoms with Crippen molar-refractivity contribution in [3.8, 4) is 5.75 Å². The fraction of sp³-hybridized carbons (Fsp3) is 0.233. The van der Waals surface area contributed by atoms with Gasteiger partial charge >= 0.3 is 5.97 Å². The molecular formula is C30H29NO4. The lowest BCUT2D eigenvalue weighted by atomic mass is 9.87. The monoisotopic (exact) mass is 467 g/mol. The SMILES string of the molecule is O=C(OCc1ccc(C2CCNCC2OCc2ccc3ccccc3c2)cc1)c1ccc(O)cc1.